The van der Waals surface area contributed by atoms with Gasteiger partial charge in [0.15, 0.2) is 0 Å². The third-order valence-electron chi connectivity index (χ3n) is 3.92. The van der Waals surface area contributed by atoms with E-state index in [0.717, 1.165) is 19.3 Å². The van der Waals surface area contributed by atoms with Crippen molar-refractivity contribution in [2.45, 2.75) is 31.2 Å². The van der Waals surface area contributed by atoms with Gasteiger partial charge in [0.1, 0.15) is 12.1 Å². The van der Waals surface area contributed by atoms with Crippen LogP contribution >= 0.6 is 0 Å². The van der Waals surface area contributed by atoms with Gasteiger partial charge in [-0.25, -0.2) is 9.59 Å². The third kappa shape index (κ3) is 1.90. The molecule has 1 amide bonds. The number of ether oxygens (including phenoxy) is 1. The molecule has 0 radical (unpaired) electrons. The Bertz CT molecular complexity index is 354. The highest BCUT2D eigenvalue weighted by molar-refractivity contribution is 5.86. The fourth-order valence-electron chi connectivity index (χ4n) is 3.13. The summed E-state index contributed by atoms with van der Waals surface area (Å²) < 4.78 is 4.79. The summed E-state index contributed by atoms with van der Waals surface area (Å²) in [6, 6.07) is 0. The summed E-state index contributed by atoms with van der Waals surface area (Å²) in [5, 5.41) is 11.8. The molecule has 0 saturated heterocycles. The summed E-state index contributed by atoms with van der Waals surface area (Å²) >= 11 is 0. The van der Waals surface area contributed by atoms with Gasteiger partial charge in [-0.1, -0.05) is 19.1 Å². The Labute approximate surface area is 99.8 Å². The minimum atomic E-state index is -1.10. The molecule has 2 fully saturated rings. The fourth-order valence-corrected chi connectivity index (χ4v) is 3.13. The molecule has 5 heteroatoms. The molecule has 2 rings (SSSR count). The van der Waals surface area contributed by atoms with Crippen molar-refractivity contribution in [3.8, 4) is 0 Å². The Morgan fingerprint density at radius 2 is 2.29 bits per heavy atom. The molecule has 0 spiro atoms. The third-order valence-corrected chi connectivity index (χ3v) is 3.92. The smallest absolute Gasteiger partial charge is 0.408 e. The molecule has 2 saturated carbocycles. The summed E-state index contributed by atoms with van der Waals surface area (Å²) in [5.41, 5.74) is -1.10. The summed E-state index contributed by atoms with van der Waals surface area (Å²) in [6.07, 6.45) is 4.30. The van der Waals surface area contributed by atoms with Crippen LogP contribution in [-0.2, 0) is 9.53 Å². The number of amides is 1. The molecule has 17 heavy (non-hydrogen) atoms. The minimum absolute atomic E-state index is 0.0660. The van der Waals surface area contributed by atoms with Crippen LogP contribution in [0.25, 0.3) is 0 Å². The van der Waals surface area contributed by atoms with Crippen LogP contribution in [0.2, 0.25) is 0 Å². The van der Waals surface area contributed by atoms with Crippen LogP contribution in [0.15, 0.2) is 12.7 Å². The van der Waals surface area contributed by atoms with Crippen LogP contribution in [0, 0.1) is 11.8 Å². The van der Waals surface area contributed by atoms with E-state index in [1.165, 1.54) is 6.08 Å². The van der Waals surface area contributed by atoms with Crippen LogP contribution < -0.4 is 5.32 Å². The van der Waals surface area contributed by atoms with E-state index in [1.807, 2.05) is 0 Å². The van der Waals surface area contributed by atoms with E-state index in [0.29, 0.717) is 12.3 Å². The lowest BCUT2D eigenvalue weighted by molar-refractivity contribution is -0.156. The van der Waals surface area contributed by atoms with Gasteiger partial charge in [-0.05, 0) is 31.1 Å². The van der Waals surface area contributed by atoms with Crippen LogP contribution in [-0.4, -0.2) is 29.3 Å². The molecule has 0 aromatic carbocycles. The molecule has 5 nitrogen and oxygen atoms in total. The van der Waals surface area contributed by atoms with Crippen molar-refractivity contribution in [1.82, 2.24) is 5.32 Å². The molecule has 0 aromatic heterocycles. The number of nitrogens with one attached hydrogen (secondary N) is 1. The van der Waals surface area contributed by atoms with Crippen LogP contribution in [0.5, 0.6) is 0 Å². The van der Waals surface area contributed by atoms with Gasteiger partial charge in [-0.3, -0.25) is 0 Å². The van der Waals surface area contributed by atoms with Gasteiger partial charge in [-0.2, -0.15) is 0 Å². The van der Waals surface area contributed by atoms with Crippen LogP contribution in [0.1, 0.15) is 25.7 Å². The summed E-state index contributed by atoms with van der Waals surface area (Å²) in [7, 11) is 0. The summed E-state index contributed by atoms with van der Waals surface area (Å²) in [5.74, 6) is -0.432. The quantitative estimate of drug-likeness (QED) is 0.730. The number of carboxylic acid groups (broad SMARTS) is 1. The van der Waals surface area contributed by atoms with E-state index < -0.39 is 17.6 Å². The number of carboxylic acids is 1. The first kappa shape index (κ1) is 12.0. The first-order chi connectivity index (χ1) is 8.10. The van der Waals surface area contributed by atoms with E-state index in [1.54, 1.807) is 0 Å². The minimum Gasteiger partial charge on any atom is -0.479 e. The molecule has 2 N–H and O–H groups in total. The predicted molar refractivity (Wildman–Crippen MR) is 60.5 cm³/mol. The Hall–Kier alpha value is -1.52. The lowest BCUT2D eigenvalue weighted by Gasteiger charge is -2.49. The zero-order valence-corrected chi connectivity index (χ0v) is 9.65. The highest BCUT2D eigenvalue weighted by atomic mass is 16.5. The maximum Gasteiger partial charge on any atom is 0.408 e. The maximum atomic E-state index is 11.5. The largest absolute Gasteiger partial charge is 0.479 e. The van der Waals surface area contributed by atoms with Crippen LogP contribution in [0.4, 0.5) is 4.79 Å². The van der Waals surface area contributed by atoms with Crippen molar-refractivity contribution in [3.63, 3.8) is 0 Å². The summed E-state index contributed by atoms with van der Waals surface area (Å²) in [4.78, 5) is 22.8. The van der Waals surface area contributed by atoms with Crippen molar-refractivity contribution in [1.29, 1.82) is 0 Å². The first-order valence-electron chi connectivity index (χ1n) is 5.89. The van der Waals surface area contributed by atoms with Crippen molar-refractivity contribution in [2.24, 2.45) is 11.8 Å². The zero-order valence-electron chi connectivity index (χ0n) is 9.65. The Morgan fingerprint density at radius 1 is 1.53 bits per heavy atom. The van der Waals surface area contributed by atoms with Gasteiger partial charge < -0.3 is 15.2 Å². The van der Waals surface area contributed by atoms with E-state index in [4.69, 9.17) is 4.74 Å². The predicted octanol–water partition coefficient (Wildman–Crippen LogP) is 1.54. The molecule has 3 unspecified atom stereocenters. The number of aliphatic carboxylic acids is 1. The second kappa shape index (κ2) is 4.39. The highest BCUT2D eigenvalue weighted by Gasteiger charge is 2.61. The molecule has 0 aromatic rings. The Morgan fingerprint density at radius 3 is 2.88 bits per heavy atom. The Balaban J connectivity index is 2.01. The molecule has 0 aliphatic heterocycles. The maximum absolute atomic E-state index is 11.5. The number of carbonyl (C=O) groups is 2. The van der Waals surface area contributed by atoms with Crippen molar-refractivity contribution in [3.05, 3.63) is 12.7 Å². The molecular weight excluding hydrogens is 222 g/mol. The topological polar surface area (TPSA) is 75.6 Å². The van der Waals surface area contributed by atoms with E-state index in [2.05, 4.69) is 11.9 Å². The molecular formula is C12H17NO4. The number of alkyl carbamates (subject to hydrolysis) is 1. The number of rotatable bonds is 4. The van der Waals surface area contributed by atoms with Crippen molar-refractivity contribution >= 4 is 12.1 Å². The van der Waals surface area contributed by atoms with Gasteiger partial charge in [0.2, 0.25) is 0 Å². The van der Waals surface area contributed by atoms with Gasteiger partial charge >= 0.3 is 12.1 Å². The lowest BCUT2D eigenvalue weighted by Crippen LogP contribution is -2.67. The van der Waals surface area contributed by atoms with Gasteiger partial charge in [0.25, 0.3) is 0 Å². The number of carbonyl (C=O) groups excluding carboxylic acids is 1. The monoisotopic (exact) mass is 239 g/mol. The number of hydrogen-bond acceptors (Lipinski definition) is 3. The van der Waals surface area contributed by atoms with Gasteiger partial charge in [-0.15, -0.1) is 0 Å². The number of hydrogen-bond donors (Lipinski definition) is 2. The van der Waals surface area contributed by atoms with Crippen molar-refractivity contribution in [2.75, 3.05) is 6.61 Å². The molecule has 2 aliphatic rings. The molecule has 3 atom stereocenters. The average Bonchev–Trinajstić information content (AvgIpc) is 2.65. The molecule has 0 heterocycles. The lowest BCUT2D eigenvalue weighted by atomic mass is 9.60. The first-order valence-corrected chi connectivity index (χ1v) is 5.89. The second-order valence-corrected chi connectivity index (χ2v) is 4.79. The summed E-state index contributed by atoms with van der Waals surface area (Å²) in [6.45, 7) is 3.52. The SMILES string of the molecule is C=CCOC(=O)NC1(C(=O)O)CC2CCCC21. The van der Waals surface area contributed by atoms with Gasteiger partial charge in [0, 0.05) is 0 Å². The number of fused-ring (bicyclic) bond motifs is 1. The second-order valence-electron chi connectivity index (χ2n) is 4.79. The molecule has 0 bridgehead atoms. The zero-order chi connectivity index (χ0) is 12.5. The van der Waals surface area contributed by atoms with E-state index in [-0.39, 0.29) is 12.5 Å². The van der Waals surface area contributed by atoms with E-state index in [9.17, 15) is 14.7 Å². The fraction of sp³-hybridized carbons (Fsp3) is 0.667. The van der Waals surface area contributed by atoms with E-state index >= 15 is 0 Å². The normalized spacial score (nSPS) is 34.4. The van der Waals surface area contributed by atoms with Crippen molar-refractivity contribution < 1.29 is 19.4 Å². The average molecular weight is 239 g/mol. The van der Waals surface area contributed by atoms with Crippen LogP contribution in [0.3, 0.4) is 0 Å². The Kier molecular flexibility index (Phi) is 3.09. The molecule has 94 valence electrons. The molecule has 2 aliphatic carbocycles. The standard InChI is InChI=1S/C12H17NO4/c1-2-6-17-11(16)13-12(10(14)15)7-8-4-3-5-9(8)12/h2,8-9H,1,3-7H2,(H,13,16)(H,14,15). The van der Waals surface area contributed by atoms with Gasteiger partial charge in [0.05, 0.1) is 0 Å². The highest BCUT2D eigenvalue weighted by Crippen LogP contribution is 2.53.